The number of Topliss-reactive ketones (excluding diaryl/α,β-unsaturated/α-hetero) is 1. The Morgan fingerprint density at radius 1 is 1.10 bits per heavy atom. The second-order valence-electron chi connectivity index (χ2n) is 7.06. The summed E-state index contributed by atoms with van der Waals surface area (Å²) in [7, 11) is 0. The average Bonchev–Trinajstić information content (AvgIpc) is 3.25. The molecule has 1 atom stereocenters. The van der Waals surface area contributed by atoms with Crippen LogP contribution < -0.4 is 4.90 Å². The van der Waals surface area contributed by atoms with E-state index in [4.69, 9.17) is 16.0 Å². The number of ketones is 1. The fourth-order valence-electron chi connectivity index (χ4n) is 3.54. The summed E-state index contributed by atoms with van der Waals surface area (Å²) < 4.78 is 19.4. The number of aliphatic hydroxyl groups excluding tert-OH is 1. The molecule has 0 aliphatic carbocycles. The van der Waals surface area contributed by atoms with Crippen LogP contribution in [-0.4, -0.2) is 16.8 Å². The molecule has 0 bridgehead atoms. The Bertz CT molecular complexity index is 1210. The molecule has 0 spiro atoms. The summed E-state index contributed by atoms with van der Waals surface area (Å²) in [5.41, 5.74) is 0.776. The summed E-state index contributed by atoms with van der Waals surface area (Å²) in [4.78, 5) is 27.2. The minimum Gasteiger partial charge on any atom is -0.507 e. The van der Waals surface area contributed by atoms with E-state index in [1.807, 2.05) is 0 Å². The number of benzene rings is 2. The van der Waals surface area contributed by atoms with Crippen LogP contribution in [0.2, 0.25) is 5.02 Å². The van der Waals surface area contributed by atoms with Gasteiger partial charge in [-0.3, -0.25) is 14.5 Å². The van der Waals surface area contributed by atoms with Gasteiger partial charge in [-0.15, -0.1) is 0 Å². The van der Waals surface area contributed by atoms with Gasteiger partial charge in [-0.25, -0.2) is 4.39 Å². The number of anilines is 1. The van der Waals surface area contributed by atoms with Crippen LogP contribution in [0.5, 0.6) is 0 Å². The highest BCUT2D eigenvalue weighted by Crippen LogP contribution is 2.43. The SMILES string of the molecule is Cc1ccc(C2/C(=C(/O)c3ccc(F)c(C)c3)C(=O)C(=O)N2c2cccc(Cl)c2)o1. The highest BCUT2D eigenvalue weighted by atomic mass is 35.5. The Morgan fingerprint density at radius 2 is 1.87 bits per heavy atom. The predicted molar refractivity (Wildman–Crippen MR) is 111 cm³/mol. The molecule has 5 nitrogen and oxygen atoms in total. The molecule has 1 fully saturated rings. The molecular formula is C23H17ClFNO4. The summed E-state index contributed by atoms with van der Waals surface area (Å²) >= 11 is 6.09. The molecule has 1 aliphatic rings. The van der Waals surface area contributed by atoms with Crippen LogP contribution >= 0.6 is 11.6 Å². The van der Waals surface area contributed by atoms with Crippen LogP contribution in [-0.2, 0) is 9.59 Å². The molecule has 3 aromatic rings. The van der Waals surface area contributed by atoms with Gasteiger partial charge in [-0.05, 0) is 67.9 Å². The van der Waals surface area contributed by atoms with Crippen molar-refractivity contribution >= 4 is 34.7 Å². The van der Waals surface area contributed by atoms with Crippen LogP contribution in [0, 0.1) is 19.7 Å². The number of hydrogen-bond acceptors (Lipinski definition) is 4. The highest BCUT2D eigenvalue weighted by molar-refractivity contribution is 6.51. The normalized spacial score (nSPS) is 18.3. The van der Waals surface area contributed by atoms with Crippen molar-refractivity contribution in [2.45, 2.75) is 19.9 Å². The van der Waals surface area contributed by atoms with Crippen LogP contribution in [0.4, 0.5) is 10.1 Å². The van der Waals surface area contributed by atoms with Gasteiger partial charge < -0.3 is 9.52 Å². The molecule has 1 saturated heterocycles. The molecule has 0 radical (unpaired) electrons. The van der Waals surface area contributed by atoms with Crippen molar-refractivity contribution < 1.29 is 23.5 Å². The van der Waals surface area contributed by atoms with Crippen LogP contribution in [0.3, 0.4) is 0 Å². The maximum Gasteiger partial charge on any atom is 0.300 e. The van der Waals surface area contributed by atoms with Gasteiger partial charge in [-0.2, -0.15) is 0 Å². The first kappa shape index (κ1) is 19.9. The number of rotatable bonds is 3. The second kappa shape index (κ2) is 7.46. The Kier molecular flexibility index (Phi) is 4.95. The van der Waals surface area contributed by atoms with E-state index in [2.05, 4.69) is 0 Å². The Morgan fingerprint density at radius 3 is 2.50 bits per heavy atom. The summed E-state index contributed by atoms with van der Waals surface area (Å²) in [6.07, 6.45) is 0. The lowest BCUT2D eigenvalue weighted by Crippen LogP contribution is -2.29. The number of amides is 1. The predicted octanol–water partition coefficient (Wildman–Crippen LogP) is 5.32. The molecule has 7 heteroatoms. The van der Waals surface area contributed by atoms with E-state index in [1.165, 1.54) is 23.1 Å². The summed E-state index contributed by atoms with van der Waals surface area (Å²) in [5.74, 6) is -1.64. The summed E-state index contributed by atoms with van der Waals surface area (Å²) in [5, 5.41) is 11.4. The van der Waals surface area contributed by atoms with Crippen molar-refractivity contribution in [3.05, 3.63) is 93.7 Å². The monoisotopic (exact) mass is 425 g/mol. The zero-order valence-corrected chi connectivity index (χ0v) is 16.9. The molecular weight excluding hydrogens is 409 g/mol. The van der Waals surface area contributed by atoms with Crippen LogP contribution in [0.1, 0.15) is 28.7 Å². The average molecular weight is 426 g/mol. The van der Waals surface area contributed by atoms with E-state index >= 15 is 0 Å². The lowest BCUT2D eigenvalue weighted by atomic mass is 9.98. The molecule has 1 unspecified atom stereocenters. The Hall–Kier alpha value is -3.38. The van der Waals surface area contributed by atoms with Gasteiger partial charge >= 0.3 is 0 Å². The zero-order chi connectivity index (χ0) is 21.6. The van der Waals surface area contributed by atoms with Crippen molar-refractivity contribution in [3.8, 4) is 0 Å². The number of halogens is 2. The van der Waals surface area contributed by atoms with Crippen LogP contribution in [0.25, 0.3) is 5.76 Å². The molecule has 1 amide bonds. The minimum atomic E-state index is -0.998. The molecule has 2 aromatic carbocycles. The lowest BCUT2D eigenvalue weighted by Gasteiger charge is -2.23. The molecule has 4 rings (SSSR count). The highest BCUT2D eigenvalue weighted by Gasteiger charge is 2.48. The first-order valence-corrected chi connectivity index (χ1v) is 9.55. The molecule has 152 valence electrons. The van der Waals surface area contributed by atoms with Gasteiger partial charge in [0.25, 0.3) is 11.7 Å². The van der Waals surface area contributed by atoms with Crippen molar-refractivity contribution in [2.24, 2.45) is 0 Å². The van der Waals surface area contributed by atoms with E-state index in [9.17, 15) is 19.1 Å². The van der Waals surface area contributed by atoms with E-state index in [0.29, 0.717) is 27.8 Å². The first-order valence-electron chi connectivity index (χ1n) is 9.17. The third-order valence-corrected chi connectivity index (χ3v) is 5.23. The lowest BCUT2D eigenvalue weighted by molar-refractivity contribution is -0.132. The van der Waals surface area contributed by atoms with E-state index in [1.54, 1.807) is 50.2 Å². The fraction of sp³-hybridized carbons (Fsp3) is 0.130. The van der Waals surface area contributed by atoms with Gasteiger partial charge in [0.2, 0.25) is 0 Å². The number of aliphatic hydroxyl groups is 1. The first-order chi connectivity index (χ1) is 14.3. The maximum absolute atomic E-state index is 13.7. The molecule has 1 N–H and O–H groups in total. The number of nitrogens with zero attached hydrogens (tertiary/aromatic N) is 1. The smallest absolute Gasteiger partial charge is 0.300 e. The number of furan rings is 1. The molecule has 1 aliphatic heterocycles. The van der Waals surface area contributed by atoms with Crippen LogP contribution in [0.15, 0.2) is 64.6 Å². The number of carbonyl (C=O) groups excluding carboxylic acids is 2. The summed E-state index contributed by atoms with van der Waals surface area (Å²) in [6, 6.07) is 12.8. The number of carbonyl (C=O) groups is 2. The second-order valence-corrected chi connectivity index (χ2v) is 7.50. The molecule has 2 heterocycles. The van der Waals surface area contributed by atoms with E-state index in [0.717, 1.165) is 0 Å². The van der Waals surface area contributed by atoms with Crippen molar-refractivity contribution in [2.75, 3.05) is 4.90 Å². The van der Waals surface area contributed by atoms with Crippen molar-refractivity contribution in [1.82, 2.24) is 0 Å². The fourth-order valence-corrected chi connectivity index (χ4v) is 3.73. The van der Waals surface area contributed by atoms with Gasteiger partial charge in [0.05, 0.1) is 5.57 Å². The largest absolute Gasteiger partial charge is 0.507 e. The number of hydrogen-bond donors (Lipinski definition) is 1. The molecule has 0 saturated carbocycles. The van der Waals surface area contributed by atoms with Gasteiger partial charge in [-0.1, -0.05) is 17.7 Å². The zero-order valence-electron chi connectivity index (χ0n) is 16.1. The minimum absolute atomic E-state index is 0.139. The topological polar surface area (TPSA) is 70.8 Å². The molecule has 1 aromatic heterocycles. The third-order valence-electron chi connectivity index (χ3n) is 4.99. The van der Waals surface area contributed by atoms with Gasteiger partial charge in [0, 0.05) is 16.3 Å². The number of aryl methyl sites for hydroxylation is 2. The standard InChI is InChI=1S/C23H17ClFNO4/c1-12-10-14(7-8-17(12)25)21(27)19-20(18-9-6-13(2)30-18)26(23(29)22(19)28)16-5-3-4-15(24)11-16/h3-11,20,27H,1-2H3/b21-19-. The molecule has 30 heavy (non-hydrogen) atoms. The van der Waals surface area contributed by atoms with E-state index in [-0.39, 0.29) is 11.1 Å². The quantitative estimate of drug-likeness (QED) is 0.350. The maximum atomic E-state index is 13.7. The van der Waals surface area contributed by atoms with Gasteiger partial charge in [0.15, 0.2) is 0 Å². The summed E-state index contributed by atoms with van der Waals surface area (Å²) in [6.45, 7) is 3.28. The Balaban J connectivity index is 1.95. The van der Waals surface area contributed by atoms with Crippen molar-refractivity contribution in [3.63, 3.8) is 0 Å². The van der Waals surface area contributed by atoms with E-state index < -0.39 is 29.3 Å². The Labute approximate surface area is 177 Å². The third kappa shape index (κ3) is 3.29. The van der Waals surface area contributed by atoms with Gasteiger partial charge in [0.1, 0.15) is 29.1 Å². The van der Waals surface area contributed by atoms with Crippen molar-refractivity contribution in [1.29, 1.82) is 0 Å².